The lowest BCUT2D eigenvalue weighted by Gasteiger charge is -2.24. The third kappa shape index (κ3) is 4.57. The number of aryl methyl sites for hydroxylation is 3. The molecule has 5 heteroatoms. The van der Waals surface area contributed by atoms with Crippen LogP contribution in [0.15, 0.2) is 42.6 Å². The second kappa shape index (κ2) is 9.00. The van der Waals surface area contributed by atoms with Crippen molar-refractivity contribution >= 4 is 0 Å². The lowest BCUT2D eigenvalue weighted by atomic mass is 10.0. The smallest absolute Gasteiger partial charge is 0.119 e. The highest BCUT2D eigenvalue weighted by Crippen LogP contribution is 2.33. The molecule has 0 bridgehead atoms. The zero-order valence-corrected chi connectivity index (χ0v) is 18.6. The molecule has 0 unspecified atom stereocenters. The van der Waals surface area contributed by atoms with E-state index < -0.39 is 0 Å². The third-order valence-electron chi connectivity index (χ3n) is 6.03. The van der Waals surface area contributed by atoms with Gasteiger partial charge in [-0.2, -0.15) is 5.10 Å². The van der Waals surface area contributed by atoms with Gasteiger partial charge in [0.15, 0.2) is 0 Å². The van der Waals surface area contributed by atoms with E-state index in [1.165, 1.54) is 28.8 Å². The highest BCUT2D eigenvalue weighted by atomic mass is 16.5. The molecule has 0 radical (unpaired) electrons. The molecule has 3 heterocycles. The van der Waals surface area contributed by atoms with E-state index in [2.05, 4.69) is 67.3 Å². The number of hydrogen-bond donors (Lipinski definition) is 0. The van der Waals surface area contributed by atoms with Crippen LogP contribution in [0, 0.1) is 13.8 Å². The van der Waals surface area contributed by atoms with E-state index in [4.69, 9.17) is 9.72 Å². The Balaban J connectivity index is 1.55. The fourth-order valence-corrected chi connectivity index (χ4v) is 4.50. The van der Waals surface area contributed by atoms with Gasteiger partial charge in [0.25, 0.3) is 0 Å². The van der Waals surface area contributed by atoms with Crippen molar-refractivity contribution in [2.45, 2.75) is 59.2 Å². The topological polar surface area (TPSA) is 43.2 Å². The van der Waals surface area contributed by atoms with Gasteiger partial charge in [-0.05, 0) is 82.0 Å². The van der Waals surface area contributed by atoms with Gasteiger partial charge in [-0.15, -0.1) is 0 Å². The highest BCUT2D eigenvalue weighted by molar-refractivity contribution is 5.34. The second-order valence-corrected chi connectivity index (χ2v) is 8.29. The number of methoxy groups -OCH3 is 1. The van der Waals surface area contributed by atoms with E-state index in [1.807, 2.05) is 10.7 Å². The van der Waals surface area contributed by atoms with E-state index >= 15 is 0 Å². The Hall–Kier alpha value is -2.66. The first kappa shape index (κ1) is 20.6. The summed E-state index contributed by atoms with van der Waals surface area (Å²) < 4.78 is 7.42. The van der Waals surface area contributed by atoms with Crippen molar-refractivity contribution in [2.24, 2.45) is 0 Å². The third-order valence-corrected chi connectivity index (χ3v) is 6.03. The van der Waals surface area contributed by atoms with Gasteiger partial charge < -0.3 is 4.74 Å². The largest absolute Gasteiger partial charge is 0.497 e. The van der Waals surface area contributed by atoms with E-state index in [1.54, 1.807) is 7.11 Å². The first-order chi connectivity index (χ1) is 14.6. The van der Waals surface area contributed by atoms with Gasteiger partial charge in [0.1, 0.15) is 5.75 Å². The molecule has 0 aliphatic carbocycles. The van der Waals surface area contributed by atoms with Crippen LogP contribution in [0.4, 0.5) is 0 Å². The Morgan fingerprint density at radius 3 is 2.77 bits per heavy atom. The predicted octanol–water partition coefficient (Wildman–Crippen LogP) is 4.85. The van der Waals surface area contributed by atoms with Gasteiger partial charge in [-0.3, -0.25) is 14.6 Å². The van der Waals surface area contributed by atoms with Crippen LogP contribution in [0.2, 0.25) is 0 Å². The van der Waals surface area contributed by atoms with Gasteiger partial charge in [0.2, 0.25) is 0 Å². The summed E-state index contributed by atoms with van der Waals surface area (Å²) in [6.45, 7) is 9.32. The Bertz CT molecular complexity index is 1010. The molecule has 3 aromatic rings. The molecule has 1 aromatic carbocycles. The van der Waals surface area contributed by atoms with Gasteiger partial charge in [-0.25, -0.2) is 0 Å². The number of ether oxygens (including phenoxy) is 1. The maximum Gasteiger partial charge on any atom is 0.119 e. The van der Waals surface area contributed by atoms with E-state index in [0.717, 1.165) is 49.6 Å². The van der Waals surface area contributed by atoms with Crippen LogP contribution in [0.1, 0.15) is 59.6 Å². The second-order valence-electron chi connectivity index (χ2n) is 8.29. The van der Waals surface area contributed by atoms with E-state index in [0.29, 0.717) is 6.04 Å². The van der Waals surface area contributed by atoms with Crippen LogP contribution in [-0.4, -0.2) is 33.3 Å². The molecule has 0 amide bonds. The normalized spacial score (nSPS) is 16.9. The summed E-state index contributed by atoms with van der Waals surface area (Å²) in [5.74, 6) is 0.906. The Kier molecular flexibility index (Phi) is 6.18. The summed E-state index contributed by atoms with van der Waals surface area (Å²) >= 11 is 0. The molecule has 1 fully saturated rings. The van der Waals surface area contributed by atoms with Crippen molar-refractivity contribution in [2.75, 3.05) is 13.7 Å². The highest BCUT2D eigenvalue weighted by Gasteiger charge is 2.28. The summed E-state index contributed by atoms with van der Waals surface area (Å²) in [6.07, 6.45) is 5.47. The molecule has 5 nitrogen and oxygen atoms in total. The molecule has 1 aliphatic rings. The van der Waals surface area contributed by atoms with Crippen molar-refractivity contribution in [3.63, 3.8) is 0 Å². The van der Waals surface area contributed by atoms with Crippen LogP contribution in [0.25, 0.3) is 0 Å². The SMILES string of the molecule is CCn1cc(CN2CCC[C@@H]2c2cc(Cc3cccc(OC)c3)cc(C)n2)c(C)n1. The Morgan fingerprint density at radius 1 is 1.13 bits per heavy atom. The van der Waals surface area contributed by atoms with Crippen LogP contribution in [0.5, 0.6) is 5.75 Å². The first-order valence-corrected chi connectivity index (χ1v) is 10.9. The minimum Gasteiger partial charge on any atom is -0.497 e. The monoisotopic (exact) mass is 404 g/mol. The molecule has 158 valence electrons. The van der Waals surface area contributed by atoms with Gasteiger partial charge in [0.05, 0.1) is 24.5 Å². The fourth-order valence-electron chi connectivity index (χ4n) is 4.50. The molecule has 30 heavy (non-hydrogen) atoms. The van der Waals surface area contributed by atoms with E-state index in [-0.39, 0.29) is 0 Å². The van der Waals surface area contributed by atoms with Crippen molar-refractivity contribution < 1.29 is 4.74 Å². The average molecular weight is 405 g/mol. The van der Waals surface area contributed by atoms with Gasteiger partial charge in [-0.1, -0.05) is 12.1 Å². The molecule has 4 rings (SSSR count). The quantitative estimate of drug-likeness (QED) is 0.564. The molecule has 2 aromatic heterocycles. The lowest BCUT2D eigenvalue weighted by molar-refractivity contribution is 0.243. The minimum absolute atomic E-state index is 0.373. The fraction of sp³-hybridized carbons (Fsp3) is 0.440. The molecule has 0 N–H and O–H groups in total. The van der Waals surface area contributed by atoms with Crippen LogP contribution in [0.3, 0.4) is 0 Å². The minimum atomic E-state index is 0.373. The van der Waals surface area contributed by atoms with Crippen LogP contribution < -0.4 is 4.74 Å². The number of pyridine rings is 1. The molecule has 0 saturated carbocycles. The maximum atomic E-state index is 5.39. The van der Waals surface area contributed by atoms with Crippen LogP contribution >= 0.6 is 0 Å². The Labute approximate surface area is 179 Å². The van der Waals surface area contributed by atoms with Crippen molar-refractivity contribution in [1.82, 2.24) is 19.7 Å². The molecular formula is C25H32N4O. The molecular weight excluding hydrogens is 372 g/mol. The summed E-state index contributed by atoms with van der Waals surface area (Å²) in [5.41, 5.74) is 7.33. The summed E-state index contributed by atoms with van der Waals surface area (Å²) in [7, 11) is 1.72. The Morgan fingerprint density at radius 2 is 2.00 bits per heavy atom. The number of aromatic nitrogens is 3. The molecule has 1 saturated heterocycles. The summed E-state index contributed by atoms with van der Waals surface area (Å²) in [6, 6.07) is 13.2. The first-order valence-electron chi connectivity index (χ1n) is 10.9. The van der Waals surface area contributed by atoms with Crippen molar-refractivity contribution in [1.29, 1.82) is 0 Å². The standard InChI is InChI=1S/C25H32N4O/c1-5-29-17-22(19(3)27-29)16-28-11-7-10-25(28)24-15-21(12-18(2)26-24)13-20-8-6-9-23(14-20)30-4/h6,8-9,12,14-15,17,25H,5,7,10-11,13,16H2,1-4H3/t25-/m1/s1. The number of nitrogens with zero attached hydrogens (tertiary/aromatic N) is 4. The number of likely N-dealkylation sites (tertiary alicyclic amines) is 1. The zero-order chi connectivity index (χ0) is 21.1. The van der Waals surface area contributed by atoms with Gasteiger partial charge in [0, 0.05) is 30.5 Å². The zero-order valence-electron chi connectivity index (χ0n) is 18.6. The van der Waals surface area contributed by atoms with Crippen LogP contribution in [-0.2, 0) is 19.5 Å². The lowest BCUT2D eigenvalue weighted by Crippen LogP contribution is -2.24. The number of rotatable bonds is 7. The number of hydrogen-bond acceptors (Lipinski definition) is 4. The molecule has 1 atom stereocenters. The number of benzene rings is 1. The van der Waals surface area contributed by atoms with Crippen molar-refractivity contribution in [3.8, 4) is 5.75 Å². The predicted molar refractivity (Wildman–Crippen MR) is 120 cm³/mol. The van der Waals surface area contributed by atoms with E-state index in [9.17, 15) is 0 Å². The summed E-state index contributed by atoms with van der Waals surface area (Å²) in [5, 5.41) is 4.62. The molecule has 0 spiro atoms. The average Bonchev–Trinajstić information content (AvgIpc) is 3.34. The van der Waals surface area contributed by atoms with Gasteiger partial charge >= 0.3 is 0 Å². The maximum absolute atomic E-state index is 5.39. The molecule has 1 aliphatic heterocycles. The summed E-state index contributed by atoms with van der Waals surface area (Å²) in [4.78, 5) is 7.51. The van der Waals surface area contributed by atoms with Crippen molar-refractivity contribution in [3.05, 3.63) is 76.4 Å².